The van der Waals surface area contributed by atoms with Crippen molar-refractivity contribution in [2.75, 3.05) is 13.2 Å². The van der Waals surface area contributed by atoms with E-state index in [1.165, 1.54) is 25.9 Å². The number of amides is 1. The molecule has 1 aliphatic rings. The lowest BCUT2D eigenvalue weighted by Crippen LogP contribution is -2.33. The Morgan fingerprint density at radius 2 is 2.06 bits per heavy atom. The van der Waals surface area contributed by atoms with Crippen molar-refractivity contribution in [1.29, 1.82) is 0 Å². The monoisotopic (exact) mass is 467 g/mol. The van der Waals surface area contributed by atoms with E-state index in [0.717, 1.165) is 30.4 Å². The van der Waals surface area contributed by atoms with Gasteiger partial charge in [0.05, 0.1) is 18.2 Å². The Labute approximate surface area is 193 Å². The number of nitrogens with zero attached hydrogens (tertiary/aromatic N) is 4. The summed E-state index contributed by atoms with van der Waals surface area (Å²) >= 11 is 1.29. The average Bonchev–Trinajstić information content (AvgIpc) is 3.56. The molecule has 1 aromatic carbocycles. The summed E-state index contributed by atoms with van der Waals surface area (Å²) in [5.41, 5.74) is 1.11. The fraction of sp³-hybridized carbons (Fsp3) is 0.391. The molecule has 1 aliphatic heterocycles. The van der Waals surface area contributed by atoms with E-state index in [4.69, 9.17) is 4.74 Å². The van der Waals surface area contributed by atoms with Crippen molar-refractivity contribution in [3.63, 3.8) is 0 Å². The van der Waals surface area contributed by atoms with Crippen molar-refractivity contribution in [3.8, 4) is 0 Å². The first-order valence-electron chi connectivity index (χ1n) is 11.1. The minimum Gasteiger partial charge on any atom is -0.376 e. The predicted molar refractivity (Wildman–Crippen MR) is 126 cm³/mol. The largest absolute Gasteiger partial charge is 0.376 e. The molecule has 1 N–H and O–H groups in total. The van der Waals surface area contributed by atoms with Crippen LogP contribution in [0.3, 0.4) is 0 Å². The van der Waals surface area contributed by atoms with Crippen LogP contribution >= 0.6 is 11.3 Å². The molecule has 1 unspecified atom stereocenters. The minimum absolute atomic E-state index is 0.0860. The molecule has 0 aliphatic carbocycles. The highest BCUT2D eigenvalue weighted by Gasteiger charge is 2.23. The maximum atomic E-state index is 13.1. The SMILES string of the molecule is O=C(Cn1nc2n(CC3CCCO3)c(=O)c3sccc3n2c1=O)NCCCc1ccccc1. The second kappa shape index (κ2) is 9.32. The van der Waals surface area contributed by atoms with Crippen LogP contribution in [0.4, 0.5) is 0 Å². The minimum atomic E-state index is -0.436. The third-order valence-electron chi connectivity index (χ3n) is 5.90. The summed E-state index contributed by atoms with van der Waals surface area (Å²) in [6, 6.07) is 11.8. The van der Waals surface area contributed by atoms with Crippen LogP contribution in [0, 0.1) is 0 Å². The first-order valence-corrected chi connectivity index (χ1v) is 12.0. The quantitative estimate of drug-likeness (QED) is 0.399. The second-order valence-corrected chi connectivity index (χ2v) is 9.12. The molecule has 1 saturated heterocycles. The summed E-state index contributed by atoms with van der Waals surface area (Å²) in [6.07, 6.45) is 3.38. The van der Waals surface area contributed by atoms with E-state index in [-0.39, 0.29) is 29.9 Å². The van der Waals surface area contributed by atoms with Gasteiger partial charge >= 0.3 is 5.69 Å². The number of benzene rings is 1. The molecule has 172 valence electrons. The number of carbonyl (C=O) groups is 1. The van der Waals surface area contributed by atoms with Crippen molar-refractivity contribution in [2.24, 2.45) is 0 Å². The zero-order chi connectivity index (χ0) is 22.8. The van der Waals surface area contributed by atoms with Crippen LogP contribution in [0.25, 0.3) is 16.0 Å². The first kappa shape index (κ1) is 21.6. The fourth-order valence-electron chi connectivity index (χ4n) is 4.25. The molecule has 10 heteroatoms. The number of aromatic nitrogens is 4. The lowest BCUT2D eigenvalue weighted by molar-refractivity contribution is -0.121. The molecular formula is C23H25N5O4S. The van der Waals surface area contributed by atoms with Gasteiger partial charge < -0.3 is 10.1 Å². The Balaban J connectivity index is 1.36. The van der Waals surface area contributed by atoms with E-state index in [9.17, 15) is 14.4 Å². The van der Waals surface area contributed by atoms with Crippen LogP contribution in [0.5, 0.6) is 0 Å². The zero-order valence-corrected chi connectivity index (χ0v) is 18.9. The van der Waals surface area contributed by atoms with E-state index in [1.807, 2.05) is 18.2 Å². The third kappa shape index (κ3) is 4.36. The van der Waals surface area contributed by atoms with Crippen LogP contribution in [0.1, 0.15) is 24.8 Å². The molecule has 0 radical (unpaired) electrons. The van der Waals surface area contributed by atoms with Crippen LogP contribution in [0.2, 0.25) is 0 Å². The molecule has 0 bridgehead atoms. The van der Waals surface area contributed by atoms with Gasteiger partial charge in [0.25, 0.3) is 5.56 Å². The van der Waals surface area contributed by atoms with E-state index in [0.29, 0.717) is 29.9 Å². The molecule has 4 heterocycles. The lowest BCUT2D eigenvalue weighted by atomic mass is 10.1. The lowest BCUT2D eigenvalue weighted by Gasteiger charge is -2.12. The molecule has 1 fully saturated rings. The van der Waals surface area contributed by atoms with Gasteiger partial charge in [-0.2, -0.15) is 0 Å². The Hall–Kier alpha value is -3.24. The van der Waals surface area contributed by atoms with E-state index < -0.39 is 5.69 Å². The van der Waals surface area contributed by atoms with Crippen molar-refractivity contribution >= 4 is 33.2 Å². The highest BCUT2D eigenvalue weighted by Crippen LogP contribution is 2.19. The summed E-state index contributed by atoms with van der Waals surface area (Å²) in [7, 11) is 0. The molecule has 3 aromatic heterocycles. The zero-order valence-electron chi connectivity index (χ0n) is 18.1. The van der Waals surface area contributed by atoms with Gasteiger partial charge in [-0.25, -0.2) is 13.9 Å². The number of thiophene rings is 1. The summed E-state index contributed by atoms with van der Waals surface area (Å²) in [5.74, 6) is -0.0496. The van der Waals surface area contributed by atoms with Crippen LogP contribution in [-0.4, -0.2) is 43.9 Å². The fourth-order valence-corrected chi connectivity index (χ4v) is 5.07. The molecule has 4 aromatic rings. The number of rotatable bonds is 8. The number of hydrogen-bond donors (Lipinski definition) is 1. The third-order valence-corrected chi connectivity index (χ3v) is 6.79. The van der Waals surface area contributed by atoms with Crippen LogP contribution < -0.4 is 16.6 Å². The maximum absolute atomic E-state index is 13.1. The van der Waals surface area contributed by atoms with E-state index >= 15 is 0 Å². The van der Waals surface area contributed by atoms with Gasteiger partial charge in [-0.15, -0.1) is 16.4 Å². The first-order chi connectivity index (χ1) is 16.1. The average molecular weight is 468 g/mol. The van der Waals surface area contributed by atoms with Crippen molar-refractivity contribution < 1.29 is 9.53 Å². The molecule has 1 amide bonds. The van der Waals surface area contributed by atoms with Crippen molar-refractivity contribution in [3.05, 3.63) is 68.2 Å². The van der Waals surface area contributed by atoms with Crippen LogP contribution in [-0.2, 0) is 29.0 Å². The molecule has 33 heavy (non-hydrogen) atoms. The number of hydrogen-bond acceptors (Lipinski definition) is 6. The van der Waals surface area contributed by atoms with Crippen molar-refractivity contribution in [1.82, 2.24) is 24.1 Å². The standard InChI is InChI=1S/C23H25N5O4S/c29-19(24-11-4-8-16-6-2-1-3-7-16)15-27-23(31)28-18-10-13-33-20(18)21(30)26(22(28)25-27)14-17-9-5-12-32-17/h1-3,6-7,10,13,17H,4-5,8-9,11-12,14-15H2,(H,24,29). The summed E-state index contributed by atoms with van der Waals surface area (Å²) in [5, 5.41) is 9.02. The maximum Gasteiger partial charge on any atom is 0.352 e. The van der Waals surface area contributed by atoms with Gasteiger partial charge in [0.1, 0.15) is 11.2 Å². The molecular weight excluding hydrogens is 442 g/mol. The number of ether oxygens (including phenoxy) is 1. The number of nitrogens with one attached hydrogen (secondary N) is 1. The molecule has 1 atom stereocenters. The Morgan fingerprint density at radius 1 is 1.21 bits per heavy atom. The molecule has 5 rings (SSSR count). The molecule has 0 spiro atoms. The van der Waals surface area contributed by atoms with Crippen molar-refractivity contribution in [2.45, 2.75) is 44.9 Å². The summed E-state index contributed by atoms with van der Waals surface area (Å²) in [4.78, 5) is 38.7. The number of carbonyl (C=O) groups excluding carboxylic acids is 1. The Bertz CT molecular complexity index is 1400. The van der Waals surface area contributed by atoms with Gasteiger partial charge in [-0.3, -0.25) is 14.2 Å². The van der Waals surface area contributed by atoms with Gasteiger partial charge in [0, 0.05) is 13.2 Å². The number of aryl methyl sites for hydroxylation is 1. The molecule has 9 nitrogen and oxygen atoms in total. The van der Waals surface area contributed by atoms with Gasteiger partial charge in [-0.05, 0) is 42.7 Å². The topological polar surface area (TPSA) is 99.6 Å². The van der Waals surface area contributed by atoms with Gasteiger partial charge in [-0.1, -0.05) is 30.3 Å². The number of fused-ring (bicyclic) bond motifs is 3. The van der Waals surface area contributed by atoms with E-state index in [2.05, 4.69) is 22.5 Å². The van der Waals surface area contributed by atoms with Crippen LogP contribution in [0.15, 0.2) is 51.4 Å². The smallest absolute Gasteiger partial charge is 0.352 e. The normalized spacial score (nSPS) is 16.1. The highest BCUT2D eigenvalue weighted by atomic mass is 32.1. The van der Waals surface area contributed by atoms with Gasteiger partial charge in [0.15, 0.2) is 0 Å². The highest BCUT2D eigenvalue weighted by molar-refractivity contribution is 7.17. The van der Waals surface area contributed by atoms with E-state index in [1.54, 1.807) is 11.4 Å². The predicted octanol–water partition coefficient (Wildman–Crippen LogP) is 1.80. The summed E-state index contributed by atoms with van der Waals surface area (Å²) < 4.78 is 10.2. The Morgan fingerprint density at radius 3 is 2.85 bits per heavy atom. The molecule has 0 saturated carbocycles. The Kier molecular flexibility index (Phi) is 6.10. The summed E-state index contributed by atoms with van der Waals surface area (Å²) in [6.45, 7) is 1.31. The van der Waals surface area contributed by atoms with Gasteiger partial charge in [0.2, 0.25) is 11.7 Å². The second-order valence-electron chi connectivity index (χ2n) is 8.20.